The number of benzene rings is 2. The predicted octanol–water partition coefficient (Wildman–Crippen LogP) is 2.05. The van der Waals surface area contributed by atoms with Gasteiger partial charge in [-0.05, 0) is 18.1 Å². The zero-order valence-corrected chi connectivity index (χ0v) is 17.8. The molecule has 0 aromatic heterocycles. The molecule has 0 unspecified atom stereocenters. The van der Waals surface area contributed by atoms with Gasteiger partial charge in [0.15, 0.2) is 0 Å². The number of hydrogen-bond acceptors (Lipinski definition) is 6. The third-order valence-electron chi connectivity index (χ3n) is 5.01. The first-order chi connectivity index (χ1) is 15.3. The maximum absolute atomic E-state index is 13.2. The van der Waals surface area contributed by atoms with Crippen molar-refractivity contribution in [2.75, 3.05) is 7.05 Å². The number of urea groups is 1. The molecule has 166 valence electrons. The number of amides is 5. The summed E-state index contributed by atoms with van der Waals surface area (Å²) in [7, 11) is 1.34. The summed E-state index contributed by atoms with van der Waals surface area (Å²) in [5, 5.41) is 4.34. The molecule has 3 rings (SSSR count). The topological polar surface area (TPSA) is 122 Å². The number of fused-ring (bicyclic) bond motifs is 1. The second-order valence-electron chi connectivity index (χ2n) is 7.51. The minimum Gasteiger partial charge on any atom is -0.446 e. The summed E-state index contributed by atoms with van der Waals surface area (Å²) in [6.07, 6.45) is -1.46. The van der Waals surface area contributed by atoms with Gasteiger partial charge in [-0.3, -0.25) is 24.6 Å². The molecule has 0 bridgehead atoms. The summed E-state index contributed by atoms with van der Waals surface area (Å²) in [6, 6.07) is 12.4. The molecule has 2 aromatic rings. The fourth-order valence-electron chi connectivity index (χ4n) is 3.46. The molecule has 0 aliphatic carbocycles. The lowest BCUT2D eigenvalue weighted by atomic mass is 10.0. The van der Waals surface area contributed by atoms with Crippen LogP contribution in [0.15, 0.2) is 54.6 Å². The monoisotopic (exact) mass is 437 g/mol. The lowest BCUT2D eigenvalue weighted by molar-refractivity contribution is -0.161. The van der Waals surface area contributed by atoms with Gasteiger partial charge in [0.05, 0.1) is 11.1 Å². The molecule has 0 fully saturated rings. The minimum atomic E-state index is -1.46. The molecule has 1 aliphatic heterocycles. The molecular formula is C23H23N3O6. The van der Waals surface area contributed by atoms with Gasteiger partial charge < -0.3 is 10.1 Å². The number of nitrogens with one attached hydrogen (secondary N) is 2. The molecule has 1 heterocycles. The largest absolute Gasteiger partial charge is 0.446 e. The summed E-state index contributed by atoms with van der Waals surface area (Å²) in [4.78, 5) is 64.2. The van der Waals surface area contributed by atoms with Gasteiger partial charge in [0, 0.05) is 12.6 Å². The Morgan fingerprint density at radius 1 is 0.875 bits per heavy atom. The van der Waals surface area contributed by atoms with Crippen LogP contribution in [-0.2, 0) is 14.3 Å². The SMILES string of the molecule is CNC(=O)NC(=O)[C@@H](OC(=O)[C@H](C(C)C)N1C(=O)c2ccccc2C1=O)c1ccccc1. The van der Waals surface area contributed by atoms with Gasteiger partial charge in [-0.1, -0.05) is 56.3 Å². The molecule has 2 atom stereocenters. The van der Waals surface area contributed by atoms with E-state index < -0.39 is 47.8 Å². The van der Waals surface area contributed by atoms with Crippen LogP contribution in [0, 0.1) is 5.92 Å². The van der Waals surface area contributed by atoms with E-state index in [1.807, 2.05) is 0 Å². The molecule has 0 spiro atoms. The van der Waals surface area contributed by atoms with Crippen LogP contribution in [0.25, 0.3) is 0 Å². The van der Waals surface area contributed by atoms with Gasteiger partial charge in [-0.2, -0.15) is 0 Å². The number of ether oxygens (including phenoxy) is 1. The van der Waals surface area contributed by atoms with Crippen LogP contribution in [0.5, 0.6) is 0 Å². The number of nitrogens with zero attached hydrogens (tertiary/aromatic N) is 1. The number of rotatable bonds is 6. The normalized spacial score (nSPS) is 14.6. The molecule has 0 saturated carbocycles. The molecule has 32 heavy (non-hydrogen) atoms. The molecule has 2 N–H and O–H groups in total. The van der Waals surface area contributed by atoms with Crippen molar-refractivity contribution in [1.82, 2.24) is 15.5 Å². The smallest absolute Gasteiger partial charge is 0.330 e. The Morgan fingerprint density at radius 3 is 1.91 bits per heavy atom. The third kappa shape index (κ3) is 4.36. The van der Waals surface area contributed by atoms with E-state index in [9.17, 15) is 24.0 Å². The molecule has 9 heteroatoms. The van der Waals surface area contributed by atoms with Crippen molar-refractivity contribution in [2.24, 2.45) is 5.92 Å². The van der Waals surface area contributed by atoms with Crippen LogP contribution in [0.1, 0.15) is 46.2 Å². The molecule has 0 saturated heterocycles. The molecule has 9 nitrogen and oxygen atoms in total. The van der Waals surface area contributed by atoms with Crippen LogP contribution >= 0.6 is 0 Å². The quantitative estimate of drug-likeness (QED) is 0.527. The average Bonchev–Trinajstić information content (AvgIpc) is 3.03. The number of carbonyl (C=O) groups excluding carboxylic acids is 5. The maximum atomic E-state index is 13.2. The zero-order chi connectivity index (χ0) is 23.4. The lowest BCUT2D eigenvalue weighted by Crippen LogP contribution is -2.50. The predicted molar refractivity (Wildman–Crippen MR) is 113 cm³/mol. The Bertz CT molecular complexity index is 1030. The van der Waals surface area contributed by atoms with Gasteiger partial charge in [0.25, 0.3) is 17.7 Å². The van der Waals surface area contributed by atoms with Crippen molar-refractivity contribution in [3.8, 4) is 0 Å². The van der Waals surface area contributed by atoms with Crippen molar-refractivity contribution in [3.63, 3.8) is 0 Å². The van der Waals surface area contributed by atoms with Crippen molar-refractivity contribution in [3.05, 3.63) is 71.3 Å². The molecular weight excluding hydrogens is 414 g/mol. The fraction of sp³-hybridized carbons (Fsp3) is 0.261. The maximum Gasteiger partial charge on any atom is 0.330 e. The zero-order valence-electron chi connectivity index (χ0n) is 17.8. The molecule has 0 radical (unpaired) electrons. The summed E-state index contributed by atoms with van der Waals surface area (Å²) >= 11 is 0. The Morgan fingerprint density at radius 2 is 1.41 bits per heavy atom. The Hall–Kier alpha value is -4.01. The van der Waals surface area contributed by atoms with E-state index in [0.717, 1.165) is 4.90 Å². The number of hydrogen-bond donors (Lipinski definition) is 2. The molecule has 5 amide bonds. The highest BCUT2D eigenvalue weighted by atomic mass is 16.6. The Labute approximate surface area is 184 Å². The van der Waals surface area contributed by atoms with E-state index in [1.165, 1.54) is 19.2 Å². The third-order valence-corrected chi connectivity index (χ3v) is 5.01. The van der Waals surface area contributed by atoms with Crippen LogP contribution in [-0.4, -0.2) is 47.7 Å². The summed E-state index contributed by atoms with van der Waals surface area (Å²) in [6.45, 7) is 3.33. The van der Waals surface area contributed by atoms with Crippen LogP contribution in [0.4, 0.5) is 4.79 Å². The summed E-state index contributed by atoms with van der Waals surface area (Å²) in [5.41, 5.74) is 0.730. The van der Waals surface area contributed by atoms with E-state index in [0.29, 0.717) is 5.56 Å². The van der Waals surface area contributed by atoms with Crippen molar-refractivity contribution in [1.29, 1.82) is 0 Å². The molecule has 2 aromatic carbocycles. The first kappa shape index (κ1) is 22.7. The van der Waals surface area contributed by atoms with Gasteiger partial charge in [0.1, 0.15) is 6.04 Å². The van der Waals surface area contributed by atoms with Gasteiger partial charge in [-0.25, -0.2) is 9.59 Å². The first-order valence-corrected chi connectivity index (χ1v) is 10.0. The van der Waals surface area contributed by atoms with E-state index in [2.05, 4.69) is 10.6 Å². The van der Waals surface area contributed by atoms with Crippen molar-refractivity contribution >= 4 is 29.7 Å². The van der Waals surface area contributed by atoms with Crippen molar-refractivity contribution in [2.45, 2.75) is 26.0 Å². The van der Waals surface area contributed by atoms with Crippen LogP contribution < -0.4 is 10.6 Å². The van der Waals surface area contributed by atoms with E-state index >= 15 is 0 Å². The molecule has 1 aliphatic rings. The highest BCUT2D eigenvalue weighted by molar-refractivity contribution is 6.22. The standard InChI is InChI=1S/C23H23N3O6/c1-13(2)17(26-20(28)15-11-7-8-12-16(15)21(26)29)22(30)32-18(14-9-5-4-6-10-14)19(27)25-23(31)24-3/h4-13,17-18H,1-3H3,(H2,24,25,27,31)/t17-,18-/m0/s1. The van der Waals surface area contributed by atoms with Crippen LogP contribution in [0.3, 0.4) is 0 Å². The highest BCUT2D eigenvalue weighted by Crippen LogP contribution is 2.29. The van der Waals surface area contributed by atoms with Gasteiger partial charge in [-0.15, -0.1) is 0 Å². The van der Waals surface area contributed by atoms with Gasteiger partial charge >= 0.3 is 12.0 Å². The number of imide groups is 2. The van der Waals surface area contributed by atoms with Gasteiger partial charge in [0.2, 0.25) is 6.10 Å². The Balaban J connectivity index is 1.91. The highest BCUT2D eigenvalue weighted by Gasteiger charge is 2.45. The van der Waals surface area contributed by atoms with Crippen LogP contribution in [0.2, 0.25) is 0 Å². The Kier molecular flexibility index (Phi) is 6.67. The number of carbonyl (C=O) groups is 5. The second-order valence-corrected chi connectivity index (χ2v) is 7.51. The van der Waals surface area contributed by atoms with E-state index in [1.54, 1.807) is 56.3 Å². The average molecular weight is 437 g/mol. The number of esters is 1. The van der Waals surface area contributed by atoms with E-state index in [4.69, 9.17) is 4.74 Å². The fourth-order valence-corrected chi connectivity index (χ4v) is 3.46. The summed E-state index contributed by atoms with van der Waals surface area (Å²) < 4.78 is 5.50. The first-order valence-electron chi connectivity index (χ1n) is 10.0. The second kappa shape index (κ2) is 9.42. The summed E-state index contributed by atoms with van der Waals surface area (Å²) in [5.74, 6) is -3.51. The van der Waals surface area contributed by atoms with E-state index in [-0.39, 0.29) is 11.1 Å². The minimum absolute atomic E-state index is 0.202. The lowest BCUT2D eigenvalue weighted by Gasteiger charge is -2.29. The van der Waals surface area contributed by atoms with Crippen molar-refractivity contribution < 1.29 is 28.7 Å².